The van der Waals surface area contributed by atoms with E-state index in [9.17, 15) is 9.59 Å². The fourth-order valence-electron chi connectivity index (χ4n) is 3.63. The minimum absolute atomic E-state index is 0.101. The Kier molecular flexibility index (Phi) is 7.73. The van der Waals surface area contributed by atoms with Gasteiger partial charge in [-0.25, -0.2) is 4.79 Å². The van der Waals surface area contributed by atoms with Crippen LogP contribution in [-0.2, 0) is 16.1 Å². The largest absolute Gasteiger partial charge is 0.444 e. The second-order valence-corrected chi connectivity index (χ2v) is 9.72. The van der Waals surface area contributed by atoms with Crippen molar-refractivity contribution in [3.8, 4) is 0 Å². The van der Waals surface area contributed by atoms with E-state index in [4.69, 9.17) is 4.74 Å². The monoisotopic (exact) mass is 402 g/mol. The molecule has 29 heavy (non-hydrogen) atoms. The molecule has 1 heterocycles. The molecule has 0 aliphatic carbocycles. The average molecular weight is 403 g/mol. The van der Waals surface area contributed by atoms with Gasteiger partial charge in [0.25, 0.3) is 0 Å². The highest BCUT2D eigenvalue weighted by molar-refractivity contribution is 5.80. The zero-order valence-electron chi connectivity index (χ0n) is 19.2. The molecule has 1 atom stereocenters. The predicted octanol–water partition coefficient (Wildman–Crippen LogP) is 5.19. The molecule has 0 spiro atoms. The topological polar surface area (TPSA) is 49.9 Å². The van der Waals surface area contributed by atoms with Gasteiger partial charge in [0.15, 0.2) is 0 Å². The van der Waals surface area contributed by atoms with Crippen LogP contribution in [0.15, 0.2) is 24.3 Å². The van der Waals surface area contributed by atoms with Crippen LogP contribution < -0.4 is 0 Å². The summed E-state index contributed by atoms with van der Waals surface area (Å²) in [7, 11) is 0. The highest BCUT2D eigenvalue weighted by atomic mass is 16.6. The van der Waals surface area contributed by atoms with Crippen molar-refractivity contribution < 1.29 is 14.3 Å². The molecule has 0 N–H and O–H groups in total. The molecular weight excluding hydrogens is 364 g/mol. The van der Waals surface area contributed by atoms with E-state index in [-0.39, 0.29) is 24.0 Å². The molecule has 0 unspecified atom stereocenters. The van der Waals surface area contributed by atoms with E-state index in [2.05, 4.69) is 52.0 Å². The van der Waals surface area contributed by atoms with Gasteiger partial charge in [-0.15, -0.1) is 0 Å². The van der Waals surface area contributed by atoms with Gasteiger partial charge in [-0.3, -0.25) is 4.79 Å². The summed E-state index contributed by atoms with van der Waals surface area (Å²) < 4.78 is 5.50. The number of likely N-dealkylation sites (tertiary alicyclic amines) is 1. The Morgan fingerprint density at radius 2 is 1.76 bits per heavy atom. The van der Waals surface area contributed by atoms with Crippen LogP contribution in [0.4, 0.5) is 4.79 Å². The van der Waals surface area contributed by atoms with Gasteiger partial charge >= 0.3 is 6.09 Å². The predicted molar refractivity (Wildman–Crippen MR) is 117 cm³/mol. The van der Waals surface area contributed by atoms with E-state index >= 15 is 0 Å². The van der Waals surface area contributed by atoms with Crippen molar-refractivity contribution in [1.29, 1.82) is 0 Å². The van der Waals surface area contributed by atoms with Crippen molar-refractivity contribution in [3.63, 3.8) is 0 Å². The van der Waals surface area contributed by atoms with Gasteiger partial charge in [-0.1, -0.05) is 38.1 Å². The molecule has 1 saturated heterocycles. The molecule has 0 saturated carbocycles. The Hall–Kier alpha value is -2.04. The Bertz CT molecular complexity index is 689. The molecule has 0 radical (unpaired) electrons. The van der Waals surface area contributed by atoms with Crippen LogP contribution in [0.2, 0.25) is 0 Å². The van der Waals surface area contributed by atoms with Crippen molar-refractivity contribution in [1.82, 2.24) is 9.80 Å². The van der Waals surface area contributed by atoms with Crippen LogP contribution in [-0.4, -0.2) is 46.5 Å². The minimum Gasteiger partial charge on any atom is -0.444 e. The highest BCUT2D eigenvalue weighted by Crippen LogP contribution is 2.24. The maximum atomic E-state index is 13.3. The van der Waals surface area contributed by atoms with Crippen molar-refractivity contribution in [2.45, 2.75) is 85.4 Å². The molecule has 5 nitrogen and oxygen atoms in total. The van der Waals surface area contributed by atoms with Gasteiger partial charge in [0, 0.05) is 25.7 Å². The Balaban J connectivity index is 2.06. The number of benzene rings is 1. The van der Waals surface area contributed by atoms with Crippen molar-refractivity contribution in [2.75, 3.05) is 13.1 Å². The summed E-state index contributed by atoms with van der Waals surface area (Å²) in [5.41, 5.74) is 1.91. The lowest BCUT2D eigenvalue weighted by Crippen LogP contribution is -2.49. The van der Waals surface area contributed by atoms with Gasteiger partial charge in [0.2, 0.25) is 5.91 Å². The van der Waals surface area contributed by atoms with Gasteiger partial charge in [0.05, 0.1) is 5.92 Å². The van der Waals surface area contributed by atoms with Crippen LogP contribution in [0.25, 0.3) is 0 Å². The first kappa shape index (κ1) is 23.2. The van der Waals surface area contributed by atoms with E-state index in [1.54, 1.807) is 4.90 Å². The van der Waals surface area contributed by atoms with Crippen LogP contribution in [0.1, 0.15) is 78.4 Å². The third-order valence-electron chi connectivity index (χ3n) is 5.33. The molecule has 1 aliphatic rings. The summed E-state index contributed by atoms with van der Waals surface area (Å²) in [5.74, 6) is 0.447. The van der Waals surface area contributed by atoms with E-state index in [1.165, 1.54) is 5.56 Å². The maximum Gasteiger partial charge on any atom is 0.410 e. The molecule has 1 aromatic rings. The van der Waals surface area contributed by atoms with Crippen molar-refractivity contribution >= 4 is 12.0 Å². The third-order valence-corrected chi connectivity index (χ3v) is 5.33. The van der Waals surface area contributed by atoms with Gasteiger partial charge in [-0.05, 0) is 64.5 Å². The summed E-state index contributed by atoms with van der Waals surface area (Å²) in [4.78, 5) is 29.4. The van der Waals surface area contributed by atoms with Crippen molar-refractivity contribution in [3.05, 3.63) is 35.4 Å². The zero-order chi connectivity index (χ0) is 21.8. The first-order valence-corrected chi connectivity index (χ1v) is 10.8. The molecule has 2 rings (SSSR count). The summed E-state index contributed by atoms with van der Waals surface area (Å²) in [5, 5.41) is 0. The number of piperidine rings is 1. The van der Waals surface area contributed by atoms with Gasteiger partial charge in [0.1, 0.15) is 5.60 Å². The van der Waals surface area contributed by atoms with Crippen LogP contribution in [0.3, 0.4) is 0 Å². The number of carbonyl (C=O) groups excluding carboxylic acids is 2. The molecule has 1 aliphatic heterocycles. The second-order valence-electron chi connectivity index (χ2n) is 9.72. The van der Waals surface area contributed by atoms with E-state index < -0.39 is 5.60 Å². The summed E-state index contributed by atoms with van der Waals surface area (Å²) >= 11 is 0. The van der Waals surface area contributed by atoms with Crippen molar-refractivity contribution in [2.24, 2.45) is 5.92 Å². The Morgan fingerprint density at radius 3 is 2.28 bits per heavy atom. The van der Waals surface area contributed by atoms with Gasteiger partial charge < -0.3 is 14.5 Å². The molecule has 1 fully saturated rings. The van der Waals surface area contributed by atoms with E-state index in [1.807, 2.05) is 25.7 Å². The normalized spacial score (nSPS) is 17.6. The van der Waals surface area contributed by atoms with Crippen LogP contribution in [0, 0.1) is 5.92 Å². The van der Waals surface area contributed by atoms with Crippen LogP contribution >= 0.6 is 0 Å². The Morgan fingerprint density at radius 1 is 1.14 bits per heavy atom. The second kappa shape index (κ2) is 9.64. The highest BCUT2D eigenvalue weighted by Gasteiger charge is 2.33. The van der Waals surface area contributed by atoms with E-state index in [0.717, 1.165) is 18.4 Å². The molecule has 162 valence electrons. The molecule has 2 amide bonds. The molecular formula is C24H38N2O3. The van der Waals surface area contributed by atoms with Crippen LogP contribution in [0.5, 0.6) is 0 Å². The quantitative estimate of drug-likeness (QED) is 0.681. The lowest BCUT2D eigenvalue weighted by molar-refractivity contribution is -0.139. The molecule has 0 bridgehead atoms. The third kappa shape index (κ3) is 6.76. The molecule has 1 aromatic carbocycles. The number of nitrogens with zero attached hydrogens (tertiary/aromatic N) is 2. The summed E-state index contributed by atoms with van der Waals surface area (Å²) in [6.07, 6.45) is 1.31. The van der Waals surface area contributed by atoms with E-state index in [0.29, 0.717) is 25.6 Å². The number of carbonyl (C=O) groups is 2. The minimum atomic E-state index is -0.528. The molecule has 5 heteroatoms. The fourth-order valence-corrected chi connectivity index (χ4v) is 3.63. The Labute approximate surface area is 176 Å². The SMILES string of the molecule is CC(C)c1ccc(CN(C(=O)[C@H]2CCCN(C(=O)OC(C)(C)C)C2)C(C)C)cc1. The van der Waals surface area contributed by atoms with Gasteiger partial charge in [-0.2, -0.15) is 0 Å². The summed E-state index contributed by atoms with van der Waals surface area (Å²) in [6.45, 7) is 15.7. The number of hydrogen-bond acceptors (Lipinski definition) is 3. The molecule has 0 aromatic heterocycles. The maximum absolute atomic E-state index is 13.3. The number of hydrogen-bond donors (Lipinski definition) is 0. The standard InChI is InChI=1S/C24H38N2O3/c1-17(2)20-12-10-19(11-13-20)15-26(18(3)4)22(27)21-9-8-14-25(16-21)23(28)29-24(5,6)7/h10-13,17-18,21H,8-9,14-16H2,1-7H3/t21-/m0/s1. The first-order valence-electron chi connectivity index (χ1n) is 10.8. The zero-order valence-corrected chi connectivity index (χ0v) is 19.2. The summed E-state index contributed by atoms with van der Waals surface area (Å²) in [6, 6.07) is 8.63. The fraction of sp³-hybridized carbons (Fsp3) is 0.667. The first-order chi connectivity index (χ1) is 13.5. The average Bonchev–Trinajstić information content (AvgIpc) is 2.64. The lowest BCUT2D eigenvalue weighted by atomic mass is 9.95. The number of ether oxygens (including phenoxy) is 1. The smallest absolute Gasteiger partial charge is 0.410 e. The number of amides is 2. The number of rotatable bonds is 5. The lowest BCUT2D eigenvalue weighted by Gasteiger charge is -2.37.